The minimum absolute atomic E-state index is 0.0109. The third-order valence-corrected chi connectivity index (χ3v) is 6.11. The van der Waals surface area contributed by atoms with E-state index in [4.69, 9.17) is 18.9 Å². The van der Waals surface area contributed by atoms with Gasteiger partial charge < -0.3 is 18.9 Å². The molecule has 4 heteroatoms. The van der Waals surface area contributed by atoms with Crippen LogP contribution in [0.5, 0.6) is 0 Å². The summed E-state index contributed by atoms with van der Waals surface area (Å²) in [5.74, 6) is 0. The molecule has 146 valence electrons. The Labute approximate surface area is 170 Å². The van der Waals surface area contributed by atoms with Gasteiger partial charge in [-0.2, -0.15) is 0 Å². The Kier molecular flexibility index (Phi) is 4.06. The third kappa shape index (κ3) is 2.75. The predicted molar refractivity (Wildman–Crippen MR) is 107 cm³/mol. The third-order valence-electron chi connectivity index (χ3n) is 6.11. The largest absolute Gasteiger partial charge is 0.361 e. The Bertz CT molecular complexity index is 879. The van der Waals surface area contributed by atoms with Crippen molar-refractivity contribution in [1.82, 2.24) is 0 Å². The average molecular weight is 386 g/mol. The molecule has 3 saturated heterocycles. The van der Waals surface area contributed by atoms with Gasteiger partial charge in [0.05, 0.1) is 6.61 Å². The lowest BCUT2D eigenvalue weighted by Crippen LogP contribution is -2.48. The van der Waals surface area contributed by atoms with Crippen molar-refractivity contribution in [2.75, 3.05) is 6.61 Å². The Morgan fingerprint density at radius 1 is 0.655 bits per heavy atom. The van der Waals surface area contributed by atoms with E-state index in [2.05, 4.69) is 72.8 Å². The van der Waals surface area contributed by atoms with E-state index in [0.29, 0.717) is 6.61 Å². The highest BCUT2D eigenvalue weighted by Gasteiger charge is 2.63. The molecule has 5 atom stereocenters. The molecule has 4 nitrogen and oxygen atoms in total. The maximum atomic E-state index is 7.09. The SMILES string of the molecule is c1ccc(C(O[C@H]2[C@@H]3O[C@H]3[C@@H]3OC[C@H]2O3)(c2ccccc2)c2ccccc2)cc1. The summed E-state index contributed by atoms with van der Waals surface area (Å²) in [5.41, 5.74) is 2.46. The van der Waals surface area contributed by atoms with Gasteiger partial charge in [-0.15, -0.1) is 0 Å². The quantitative estimate of drug-likeness (QED) is 0.493. The molecule has 6 rings (SSSR count). The van der Waals surface area contributed by atoms with Gasteiger partial charge in [0.2, 0.25) is 0 Å². The fraction of sp³-hybridized carbons (Fsp3) is 0.280. The maximum Gasteiger partial charge on any atom is 0.187 e. The summed E-state index contributed by atoms with van der Waals surface area (Å²) < 4.78 is 24.8. The van der Waals surface area contributed by atoms with Crippen LogP contribution < -0.4 is 0 Å². The zero-order valence-corrected chi connectivity index (χ0v) is 15.9. The van der Waals surface area contributed by atoms with Gasteiger partial charge >= 0.3 is 0 Å². The molecule has 0 radical (unpaired) electrons. The number of epoxide rings is 1. The van der Waals surface area contributed by atoms with E-state index in [-0.39, 0.29) is 30.7 Å². The van der Waals surface area contributed by atoms with Crippen LogP contribution in [0.3, 0.4) is 0 Å². The molecule has 3 aliphatic heterocycles. The number of rotatable bonds is 5. The second kappa shape index (κ2) is 6.78. The van der Waals surface area contributed by atoms with Gasteiger partial charge in [0.25, 0.3) is 0 Å². The van der Waals surface area contributed by atoms with E-state index in [0.717, 1.165) is 16.7 Å². The first-order valence-corrected chi connectivity index (χ1v) is 10.1. The van der Waals surface area contributed by atoms with Crippen LogP contribution in [0.2, 0.25) is 0 Å². The lowest BCUT2D eigenvalue weighted by atomic mass is 9.79. The van der Waals surface area contributed by atoms with Crippen molar-refractivity contribution < 1.29 is 18.9 Å². The molecule has 0 amide bonds. The van der Waals surface area contributed by atoms with Crippen LogP contribution in [0.25, 0.3) is 0 Å². The van der Waals surface area contributed by atoms with Gasteiger partial charge in [-0.3, -0.25) is 0 Å². The molecule has 29 heavy (non-hydrogen) atoms. The lowest BCUT2D eigenvalue weighted by molar-refractivity contribution is -0.146. The van der Waals surface area contributed by atoms with E-state index in [9.17, 15) is 0 Å². The van der Waals surface area contributed by atoms with E-state index < -0.39 is 5.60 Å². The normalized spacial score (nSPS) is 30.0. The fourth-order valence-electron chi connectivity index (χ4n) is 4.69. The minimum Gasteiger partial charge on any atom is -0.361 e. The molecule has 0 aliphatic carbocycles. The maximum absolute atomic E-state index is 7.09. The van der Waals surface area contributed by atoms with Crippen LogP contribution in [0.15, 0.2) is 91.0 Å². The van der Waals surface area contributed by atoms with Crippen LogP contribution >= 0.6 is 0 Å². The molecule has 3 aliphatic rings. The summed E-state index contributed by atoms with van der Waals surface area (Å²) in [4.78, 5) is 0. The average Bonchev–Trinajstić information content (AvgIpc) is 3.49. The number of hydrogen-bond acceptors (Lipinski definition) is 4. The molecule has 3 aromatic rings. The molecular formula is C25H22O4. The van der Waals surface area contributed by atoms with Gasteiger partial charge in [-0.25, -0.2) is 0 Å². The zero-order valence-electron chi connectivity index (χ0n) is 15.9. The summed E-state index contributed by atoms with van der Waals surface area (Å²) in [5, 5.41) is 0. The zero-order chi connectivity index (χ0) is 19.3. The Morgan fingerprint density at radius 3 is 1.69 bits per heavy atom. The molecule has 3 fully saturated rings. The number of hydrogen-bond donors (Lipinski definition) is 0. The lowest BCUT2D eigenvalue weighted by Gasteiger charge is -2.40. The van der Waals surface area contributed by atoms with Crippen LogP contribution in [-0.2, 0) is 24.5 Å². The van der Waals surface area contributed by atoms with E-state index >= 15 is 0 Å². The van der Waals surface area contributed by atoms with Crippen LogP contribution in [0.1, 0.15) is 16.7 Å². The molecule has 0 aromatic heterocycles. The number of ether oxygens (including phenoxy) is 4. The topological polar surface area (TPSA) is 40.2 Å². The second-order valence-electron chi connectivity index (χ2n) is 7.80. The van der Waals surface area contributed by atoms with Crippen LogP contribution in [0, 0.1) is 0 Å². The summed E-state index contributed by atoms with van der Waals surface area (Å²) >= 11 is 0. The minimum atomic E-state index is -0.774. The van der Waals surface area contributed by atoms with Crippen molar-refractivity contribution in [2.45, 2.75) is 36.3 Å². The first kappa shape index (κ1) is 17.4. The smallest absolute Gasteiger partial charge is 0.187 e. The van der Waals surface area contributed by atoms with E-state index in [1.807, 2.05) is 18.2 Å². The van der Waals surface area contributed by atoms with Crippen molar-refractivity contribution in [3.63, 3.8) is 0 Å². The van der Waals surface area contributed by atoms with Crippen molar-refractivity contribution in [1.29, 1.82) is 0 Å². The summed E-state index contributed by atoms with van der Waals surface area (Å²) in [7, 11) is 0. The number of fused-ring (bicyclic) bond motifs is 4. The molecule has 3 aromatic carbocycles. The predicted octanol–water partition coefficient (Wildman–Crippen LogP) is 3.89. The van der Waals surface area contributed by atoms with Crippen LogP contribution in [-0.4, -0.2) is 37.3 Å². The Balaban J connectivity index is 1.54. The highest BCUT2D eigenvalue weighted by atomic mass is 16.8. The highest BCUT2D eigenvalue weighted by molar-refractivity contribution is 5.47. The molecule has 0 spiro atoms. The van der Waals surface area contributed by atoms with Crippen molar-refractivity contribution in [3.05, 3.63) is 108 Å². The highest BCUT2D eigenvalue weighted by Crippen LogP contribution is 2.48. The van der Waals surface area contributed by atoms with Gasteiger partial charge in [-0.05, 0) is 16.7 Å². The van der Waals surface area contributed by atoms with Gasteiger partial charge in [0, 0.05) is 0 Å². The summed E-state index contributed by atoms with van der Waals surface area (Å²) in [6, 6.07) is 31.2. The fourth-order valence-corrected chi connectivity index (χ4v) is 4.69. The summed E-state index contributed by atoms with van der Waals surface area (Å²) in [6.45, 7) is 0.542. The number of benzene rings is 3. The Morgan fingerprint density at radius 2 is 1.17 bits per heavy atom. The monoisotopic (exact) mass is 386 g/mol. The standard InChI is InChI=1S/C25H22O4/c1-4-10-17(11-5-1)25(18-12-6-2-7-13-18,19-14-8-3-9-15-19)29-21-20-16-26-24(27-20)23-22(21)28-23/h1-15,20-24H,16H2/t20-,21-,22+,23-,24-/m1/s1. The van der Waals surface area contributed by atoms with Crippen molar-refractivity contribution in [3.8, 4) is 0 Å². The molecule has 0 saturated carbocycles. The molecule has 2 bridgehead atoms. The van der Waals surface area contributed by atoms with E-state index in [1.165, 1.54) is 0 Å². The molecular weight excluding hydrogens is 364 g/mol. The van der Waals surface area contributed by atoms with Crippen molar-refractivity contribution >= 4 is 0 Å². The summed E-state index contributed by atoms with van der Waals surface area (Å²) in [6.07, 6.45) is -0.599. The molecule has 0 N–H and O–H groups in total. The first-order chi connectivity index (χ1) is 14.4. The van der Waals surface area contributed by atoms with Crippen LogP contribution in [0.4, 0.5) is 0 Å². The molecule has 0 unspecified atom stereocenters. The van der Waals surface area contributed by atoms with Crippen molar-refractivity contribution in [2.24, 2.45) is 0 Å². The second-order valence-corrected chi connectivity index (χ2v) is 7.80. The Hall–Kier alpha value is -2.50. The van der Waals surface area contributed by atoms with Gasteiger partial charge in [0.1, 0.15) is 30.0 Å². The van der Waals surface area contributed by atoms with Gasteiger partial charge in [0.15, 0.2) is 6.29 Å². The first-order valence-electron chi connectivity index (χ1n) is 10.1. The molecule has 3 heterocycles. The van der Waals surface area contributed by atoms with Gasteiger partial charge in [-0.1, -0.05) is 91.0 Å². The van der Waals surface area contributed by atoms with E-state index in [1.54, 1.807) is 0 Å².